The number of nitrogens with zero attached hydrogens (tertiary/aromatic N) is 3. The lowest BCUT2D eigenvalue weighted by molar-refractivity contribution is 0.341. The predicted octanol–water partition coefficient (Wildman–Crippen LogP) is 2.72. The molecule has 0 heterocycles. The topological polar surface area (TPSA) is 18.8 Å². The van der Waals surface area contributed by atoms with Gasteiger partial charge in [-0.2, -0.15) is 0 Å². The third-order valence-electron chi connectivity index (χ3n) is 3.84. The van der Waals surface area contributed by atoms with Crippen LogP contribution in [0.1, 0.15) is 29.9 Å². The Kier molecular flexibility index (Phi) is 4.13. The summed E-state index contributed by atoms with van der Waals surface area (Å²) in [6.45, 7) is 2.21. The molecule has 1 aliphatic carbocycles. The molecule has 0 bridgehead atoms. The van der Waals surface area contributed by atoms with E-state index in [1.54, 1.807) is 0 Å². The van der Waals surface area contributed by atoms with E-state index in [-0.39, 0.29) is 0 Å². The summed E-state index contributed by atoms with van der Waals surface area (Å²) in [6.07, 6.45) is 2.35. The van der Waals surface area contributed by atoms with Crippen molar-refractivity contribution in [3.63, 3.8) is 0 Å². The Balaban J connectivity index is 2.00. The summed E-state index contributed by atoms with van der Waals surface area (Å²) in [5, 5.41) is 0. The molecule has 0 amide bonds. The van der Waals surface area contributed by atoms with E-state index in [0.717, 1.165) is 5.96 Å². The molecular formula is C16H25N3. The van der Waals surface area contributed by atoms with Crippen LogP contribution in [0.4, 0.5) is 0 Å². The molecule has 0 N–H and O–H groups in total. The zero-order valence-corrected chi connectivity index (χ0v) is 12.7. The second kappa shape index (κ2) is 5.64. The van der Waals surface area contributed by atoms with Crippen LogP contribution in [-0.2, 0) is 0 Å². The maximum absolute atomic E-state index is 4.85. The Labute approximate surface area is 116 Å². The van der Waals surface area contributed by atoms with Crippen molar-refractivity contribution in [3.8, 4) is 0 Å². The van der Waals surface area contributed by atoms with E-state index < -0.39 is 0 Å². The Morgan fingerprint density at radius 3 is 2.16 bits per heavy atom. The molecule has 0 unspecified atom stereocenters. The van der Waals surface area contributed by atoms with Crippen LogP contribution < -0.4 is 0 Å². The molecule has 104 valence electrons. The summed E-state index contributed by atoms with van der Waals surface area (Å²) in [6, 6.07) is 9.20. The normalized spacial score (nSPS) is 21.5. The molecule has 0 spiro atoms. The molecule has 3 nitrogen and oxygen atoms in total. The maximum atomic E-state index is 4.85. The average molecular weight is 259 g/mol. The highest BCUT2D eigenvalue weighted by Crippen LogP contribution is 2.40. The lowest BCUT2D eigenvalue weighted by atomic mass is 9.75. The van der Waals surface area contributed by atoms with Gasteiger partial charge in [-0.15, -0.1) is 0 Å². The van der Waals surface area contributed by atoms with Crippen LogP contribution in [0.2, 0.25) is 0 Å². The minimum Gasteiger partial charge on any atom is -0.349 e. The molecule has 2 rings (SSSR count). The van der Waals surface area contributed by atoms with Crippen LogP contribution in [0.15, 0.2) is 29.3 Å². The molecule has 1 aromatic rings. The van der Waals surface area contributed by atoms with Gasteiger partial charge in [-0.1, -0.05) is 24.3 Å². The third-order valence-corrected chi connectivity index (χ3v) is 3.84. The Bertz CT molecular complexity index is 447. The highest BCUT2D eigenvalue weighted by molar-refractivity contribution is 5.79. The fourth-order valence-corrected chi connectivity index (χ4v) is 2.79. The quantitative estimate of drug-likeness (QED) is 0.601. The highest BCUT2D eigenvalue weighted by Gasteiger charge is 2.31. The van der Waals surface area contributed by atoms with Gasteiger partial charge in [0.25, 0.3) is 0 Å². The summed E-state index contributed by atoms with van der Waals surface area (Å²) in [5.41, 5.74) is 2.92. The molecule has 19 heavy (non-hydrogen) atoms. The van der Waals surface area contributed by atoms with Crippen molar-refractivity contribution < 1.29 is 0 Å². The number of benzene rings is 1. The van der Waals surface area contributed by atoms with Gasteiger partial charge < -0.3 is 9.80 Å². The zero-order valence-electron chi connectivity index (χ0n) is 12.7. The number of aliphatic imine (C=N–C) groups is 1. The second-order valence-electron chi connectivity index (χ2n) is 5.90. The van der Waals surface area contributed by atoms with Crippen molar-refractivity contribution in [2.45, 2.75) is 31.7 Å². The molecule has 0 saturated heterocycles. The summed E-state index contributed by atoms with van der Waals surface area (Å²) >= 11 is 0. The van der Waals surface area contributed by atoms with E-state index in [4.69, 9.17) is 4.99 Å². The SMILES string of the molecule is Cc1ccccc1C1CC(N=C(N(C)C)N(C)C)C1. The third kappa shape index (κ3) is 3.09. The van der Waals surface area contributed by atoms with Crippen LogP contribution in [0.25, 0.3) is 0 Å². The second-order valence-corrected chi connectivity index (χ2v) is 5.90. The first-order chi connectivity index (χ1) is 8.99. The molecular weight excluding hydrogens is 234 g/mol. The van der Waals surface area contributed by atoms with Gasteiger partial charge in [0.15, 0.2) is 5.96 Å². The molecule has 0 aromatic heterocycles. The van der Waals surface area contributed by atoms with Gasteiger partial charge in [-0.3, -0.25) is 0 Å². The van der Waals surface area contributed by atoms with Crippen LogP contribution >= 0.6 is 0 Å². The smallest absolute Gasteiger partial charge is 0.195 e. The number of rotatable bonds is 2. The van der Waals surface area contributed by atoms with E-state index in [0.29, 0.717) is 12.0 Å². The first kappa shape index (κ1) is 13.9. The van der Waals surface area contributed by atoms with E-state index in [9.17, 15) is 0 Å². The molecule has 3 heteroatoms. The lowest BCUT2D eigenvalue weighted by Gasteiger charge is -2.35. The largest absolute Gasteiger partial charge is 0.349 e. The summed E-state index contributed by atoms with van der Waals surface area (Å²) in [7, 11) is 8.21. The predicted molar refractivity (Wildman–Crippen MR) is 81.8 cm³/mol. The maximum Gasteiger partial charge on any atom is 0.195 e. The number of aryl methyl sites for hydroxylation is 1. The van der Waals surface area contributed by atoms with E-state index in [1.165, 1.54) is 24.0 Å². The standard InChI is InChI=1S/C16H25N3/c1-12-8-6-7-9-15(12)13-10-14(11-13)17-16(18(2)3)19(4)5/h6-9,13-14H,10-11H2,1-5H3. The summed E-state index contributed by atoms with van der Waals surface area (Å²) in [4.78, 5) is 9.02. The van der Waals surface area contributed by atoms with Crippen molar-refractivity contribution in [1.29, 1.82) is 0 Å². The van der Waals surface area contributed by atoms with Gasteiger partial charge in [-0.25, -0.2) is 4.99 Å². The molecule has 1 fully saturated rings. The van der Waals surface area contributed by atoms with Crippen LogP contribution in [0.5, 0.6) is 0 Å². The first-order valence-electron chi connectivity index (χ1n) is 6.97. The Morgan fingerprint density at radius 2 is 1.63 bits per heavy atom. The van der Waals surface area contributed by atoms with Gasteiger partial charge in [0, 0.05) is 28.2 Å². The van der Waals surface area contributed by atoms with Crippen molar-refractivity contribution in [3.05, 3.63) is 35.4 Å². The van der Waals surface area contributed by atoms with Crippen LogP contribution in [0.3, 0.4) is 0 Å². The zero-order chi connectivity index (χ0) is 14.0. The van der Waals surface area contributed by atoms with Gasteiger partial charge in [0.05, 0.1) is 6.04 Å². The first-order valence-corrected chi connectivity index (χ1v) is 6.97. The molecule has 0 aliphatic heterocycles. The number of hydrogen-bond acceptors (Lipinski definition) is 1. The minimum atomic E-state index is 0.476. The van der Waals surface area contributed by atoms with Crippen molar-refractivity contribution in [1.82, 2.24) is 9.80 Å². The minimum absolute atomic E-state index is 0.476. The fourth-order valence-electron chi connectivity index (χ4n) is 2.79. The van der Waals surface area contributed by atoms with Crippen LogP contribution in [0, 0.1) is 6.92 Å². The number of guanidine groups is 1. The Morgan fingerprint density at radius 1 is 1.05 bits per heavy atom. The van der Waals surface area contributed by atoms with Crippen LogP contribution in [-0.4, -0.2) is 50.0 Å². The molecule has 1 aromatic carbocycles. The summed E-state index contributed by atoms with van der Waals surface area (Å²) < 4.78 is 0. The van der Waals surface area contributed by atoms with Gasteiger partial charge in [-0.05, 0) is 36.8 Å². The molecule has 1 saturated carbocycles. The molecule has 1 aliphatic rings. The van der Waals surface area contributed by atoms with Gasteiger partial charge >= 0.3 is 0 Å². The Hall–Kier alpha value is -1.51. The van der Waals surface area contributed by atoms with Crippen molar-refractivity contribution in [2.75, 3.05) is 28.2 Å². The molecule has 0 atom stereocenters. The van der Waals surface area contributed by atoms with Crippen molar-refractivity contribution in [2.24, 2.45) is 4.99 Å². The summed E-state index contributed by atoms with van der Waals surface area (Å²) in [5.74, 6) is 1.76. The average Bonchev–Trinajstić information content (AvgIpc) is 2.28. The fraction of sp³-hybridized carbons (Fsp3) is 0.562. The van der Waals surface area contributed by atoms with E-state index >= 15 is 0 Å². The van der Waals surface area contributed by atoms with Gasteiger partial charge in [0.2, 0.25) is 0 Å². The van der Waals surface area contributed by atoms with Crippen molar-refractivity contribution >= 4 is 5.96 Å². The van der Waals surface area contributed by atoms with E-state index in [2.05, 4.69) is 69.2 Å². The van der Waals surface area contributed by atoms with Gasteiger partial charge in [0.1, 0.15) is 0 Å². The van der Waals surface area contributed by atoms with E-state index in [1.807, 2.05) is 0 Å². The monoisotopic (exact) mass is 259 g/mol. The highest BCUT2D eigenvalue weighted by atomic mass is 15.3. The number of hydrogen-bond donors (Lipinski definition) is 0. The lowest BCUT2D eigenvalue weighted by Crippen LogP contribution is -2.38. The molecule has 0 radical (unpaired) electrons.